The Morgan fingerprint density at radius 1 is 1.50 bits per heavy atom. The number of fused-ring (bicyclic) bond motifs is 1. The van der Waals surface area contributed by atoms with Crippen LogP contribution in [0.1, 0.15) is 17.3 Å². The molecule has 0 unspecified atom stereocenters. The number of halogens is 1. The van der Waals surface area contributed by atoms with Gasteiger partial charge in [-0.1, -0.05) is 17.7 Å². The van der Waals surface area contributed by atoms with Crippen LogP contribution in [0.15, 0.2) is 34.7 Å². The van der Waals surface area contributed by atoms with Gasteiger partial charge in [0.2, 0.25) is 0 Å². The Labute approximate surface area is 92.1 Å². The number of ketones is 1. The van der Waals surface area contributed by atoms with Crippen LogP contribution in [-0.2, 0) is 0 Å². The number of carbonyl (C=O) groups excluding carboxylic acids is 1. The van der Waals surface area contributed by atoms with E-state index in [9.17, 15) is 4.79 Å². The smallest absolute Gasteiger partial charge is 0.190 e. The summed E-state index contributed by atoms with van der Waals surface area (Å²) in [7, 11) is 0. The van der Waals surface area contributed by atoms with Crippen molar-refractivity contribution in [3.63, 3.8) is 0 Å². The van der Waals surface area contributed by atoms with Crippen LogP contribution in [0.3, 0.4) is 0 Å². The van der Waals surface area contributed by atoms with Crippen molar-refractivity contribution in [2.24, 2.45) is 0 Å². The van der Waals surface area contributed by atoms with E-state index in [0.29, 0.717) is 5.02 Å². The summed E-state index contributed by atoms with van der Waals surface area (Å²) in [6.07, 6.45) is 1.87. The second kappa shape index (κ2) is 3.79. The molecule has 1 aliphatic rings. The highest BCUT2D eigenvalue weighted by Crippen LogP contribution is 2.33. The van der Waals surface area contributed by atoms with Crippen molar-refractivity contribution < 1.29 is 4.79 Å². The summed E-state index contributed by atoms with van der Waals surface area (Å²) in [5.74, 6) is 0.882. The van der Waals surface area contributed by atoms with Gasteiger partial charge in [-0.2, -0.15) is 0 Å². The molecule has 0 aromatic heterocycles. The minimum Gasteiger partial charge on any atom is -0.289 e. The monoisotopic (exact) mass is 224 g/mol. The van der Waals surface area contributed by atoms with Crippen LogP contribution in [-0.4, -0.2) is 11.5 Å². The first-order valence-electron chi connectivity index (χ1n) is 4.34. The lowest BCUT2D eigenvalue weighted by Gasteiger charge is -2.16. The molecule has 0 radical (unpaired) electrons. The summed E-state index contributed by atoms with van der Waals surface area (Å²) >= 11 is 7.54. The third-order valence-electron chi connectivity index (χ3n) is 2.21. The number of carbonyl (C=O) groups is 1. The van der Waals surface area contributed by atoms with E-state index in [2.05, 4.69) is 0 Å². The van der Waals surface area contributed by atoms with E-state index in [0.717, 1.165) is 21.8 Å². The normalized spacial score (nSPS) is 18.4. The van der Waals surface area contributed by atoms with Crippen molar-refractivity contribution in [3.05, 3.63) is 40.4 Å². The van der Waals surface area contributed by atoms with E-state index >= 15 is 0 Å². The molecule has 1 heterocycles. The molecule has 1 aromatic carbocycles. The molecule has 0 bridgehead atoms. The fraction of sp³-hybridized carbons (Fsp3) is 0.182. The van der Waals surface area contributed by atoms with Gasteiger partial charge in [0.05, 0.1) is 0 Å². The van der Waals surface area contributed by atoms with Crippen molar-refractivity contribution in [2.75, 3.05) is 5.75 Å². The molecule has 0 amide bonds. The highest BCUT2D eigenvalue weighted by atomic mass is 35.5. The molecule has 0 N–H and O–H groups in total. The highest BCUT2D eigenvalue weighted by Gasteiger charge is 2.21. The molecule has 0 saturated carbocycles. The minimum atomic E-state index is 0.115. The first kappa shape index (κ1) is 9.81. The Morgan fingerprint density at radius 2 is 2.29 bits per heavy atom. The molecule has 3 heteroatoms. The lowest BCUT2D eigenvalue weighted by atomic mass is 10.0. The van der Waals surface area contributed by atoms with Crippen LogP contribution < -0.4 is 0 Å². The molecular weight excluding hydrogens is 216 g/mol. The number of rotatable bonds is 0. The number of allylic oxidation sites excluding steroid dienone is 1. The number of hydrogen-bond donors (Lipinski definition) is 0. The van der Waals surface area contributed by atoms with Crippen LogP contribution in [0.25, 0.3) is 0 Å². The third kappa shape index (κ3) is 1.60. The maximum absolute atomic E-state index is 11.9. The molecule has 2 rings (SSSR count). The van der Waals surface area contributed by atoms with Crippen molar-refractivity contribution in [1.29, 1.82) is 0 Å². The Balaban J connectivity index is 2.54. The van der Waals surface area contributed by atoms with Crippen LogP contribution >= 0.6 is 23.4 Å². The molecule has 14 heavy (non-hydrogen) atoms. The third-order valence-corrected chi connectivity index (χ3v) is 3.57. The van der Waals surface area contributed by atoms with E-state index in [1.807, 2.05) is 25.1 Å². The highest BCUT2D eigenvalue weighted by molar-refractivity contribution is 7.99. The molecule has 1 aliphatic heterocycles. The maximum Gasteiger partial charge on any atom is 0.190 e. The van der Waals surface area contributed by atoms with Gasteiger partial charge >= 0.3 is 0 Å². The van der Waals surface area contributed by atoms with Gasteiger partial charge in [-0.05, 0) is 25.1 Å². The largest absolute Gasteiger partial charge is 0.289 e. The molecule has 72 valence electrons. The minimum absolute atomic E-state index is 0.115. The van der Waals surface area contributed by atoms with Crippen molar-refractivity contribution in [1.82, 2.24) is 0 Å². The quantitative estimate of drug-likeness (QED) is 0.627. The second-order valence-corrected chi connectivity index (χ2v) is 4.53. The second-order valence-electron chi connectivity index (χ2n) is 3.07. The molecule has 1 nitrogen and oxygen atoms in total. The molecule has 1 aromatic rings. The van der Waals surface area contributed by atoms with Gasteiger partial charge < -0.3 is 0 Å². The lowest BCUT2D eigenvalue weighted by Crippen LogP contribution is -2.11. The van der Waals surface area contributed by atoms with E-state index in [1.54, 1.807) is 17.8 Å². The van der Waals surface area contributed by atoms with E-state index in [1.165, 1.54) is 0 Å². The van der Waals surface area contributed by atoms with Gasteiger partial charge in [0.1, 0.15) is 0 Å². The predicted molar refractivity (Wildman–Crippen MR) is 60.3 cm³/mol. The maximum atomic E-state index is 11.9. The van der Waals surface area contributed by atoms with Crippen molar-refractivity contribution in [2.45, 2.75) is 11.8 Å². The summed E-state index contributed by atoms with van der Waals surface area (Å²) in [5, 5.41) is 0.620. The molecule has 0 saturated heterocycles. The van der Waals surface area contributed by atoms with Gasteiger partial charge in [-0.25, -0.2) is 0 Å². The Hall–Kier alpha value is -0.730. The molecule has 0 aliphatic carbocycles. The van der Waals surface area contributed by atoms with Crippen LogP contribution in [0, 0.1) is 0 Å². The Kier molecular flexibility index (Phi) is 2.66. The zero-order chi connectivity index (χ0) is 10.1. The Bertz CT molecular complexity index is 423. The summed E-state index contributed by atoms with van der Waals surface area (Å²) in [6, 6.07) is 5.48. The van der Waals surface area contributed by atoms with Crippen LogP contribution in [0.5, 0.6) is 0 Å². The summed E-state index contributed by atoms with van der Waals surface area (Å²) in [6.45, 7) is 1.89. The fourth-order valence-electron chi connectivity index (χ4n) is 1.41. The van der Waals surface area contributed by atoms with Gasteiger partial charge in [0, 0.05) is 26.8 Å². The molecule has 0 atom stereocenters. The van der Waals surface area contributed by atoms with E-state index in [-0.39, 0.29) is 5.78 Å². The van der Waals surface area contributed by atoms with E-state index < -0.39 is 0 Å². The van der Waals surface area contributed by atoms with Gasteiger partial charge in [-0.15, -0.1) is 11.8 Å². The predicted octanol–water partition coefficient (Wildman–Crippen LogP) is 3.57. The van der Waals surface area contributed by atoms with Crippen LogP contribution in [0.2, 0.25) is 5.02 Å². The van der Waals surface area contributed by atoms with Crippen LogP contribution in [0.4, 0.5) is 0 Å². The molecular formula is C11H9ClOS. The number of Topliss-reactive ketones (excluding diaryl/α,β-unsaturated/α-hetero) is 1. The first-order chi connectivity index (χ1) is 6.72. The SMILES string of the molecule is C/C=C1\CSc2ccc(Cl)cc2C1=O. The average Bonchev–Trinajstić information content (AvgIpc) is 2.20. The Morgan fingerprint density at radius 3 is 3.00 bits per heavy atom. The zero-order valence-electron chi connectivity index (χ0n) is 7.71. The van der Waals surface area contributed by atoms with Gasteiger partial charge in [-0.3, -0.25) is 4.79 Å². The topological polar surface area (TPSA) is 17.1 Å². The molecule has 0 fully saturated rings. The average molecular weight is 225 g/mol. The zero-order valence-corrected chi connectivity index (χ0v) is 9.28. The first-order valence-corrected chi connectivity index (χ1v) is 5.71. The lowest BCUT2D eigenvalue weighted by molar-refractivity contribution is 0.103. The standard InChI is InChI=1S/C11H9ClOS/c1-2-7-6-14-10-4-3-8(12)5-9(10)11(7)13/h2-5H,6H2,1H3/b7-2+. The molecule has 0 spiro atoms. The summed E-state index contributed by atoms with van der Waals surface area (Å²) in [4.78, 5) is 12.9. The van der Waals surface area contributed by atoms with Crippen molar-refractivity contribution >= 4 is 29.1 Å². The number of thioether (sulfide) groups is 1. The number of benzene rings is 1. The van der Waals surface area contributed by atoms with Gasteiger partial charge in [0.25, 0.3) is 0 Å². The van der Waals surface area contributed by atoms with Crippen molar-refractivity contribution in [3.8, 4) is 0 Å². The summed E-state index contributed by atoms with van der Waals surface area (Å²) < 4.78 is 0. The van der Waals surface area contributed by atoms with E-state index in [4.69, 9.17) is 11.6 Å². The summed E-state index contributed by atoms with van der Waals surface area (Å²) in [5.41, 5.74) is 1.60. The fourth-order valence-corrected chi connectivity index (χ4v) is 2.67. The number of hydrogen-bond acceptors (Lipinski definition) is 2. The van der Waals surface area contributed by atoms with Gasteiger partial charge in [0.15, 0.2) is 5.78 Å².